The number of nitrogens with one attached hydrogen (secondary N) is 2. The van der Waals surface area contributed by atoms with Crippen LogP contribution in [0.25, 0.3) is 0 Å². The summed E-state index contributed by atoms with van der Waals surface area (Å²) in [6.07, 6.45) is 0.916. The lowest BCUT2D eigenvalue weighted by molar-refractivity contribution is -0.144. The Labute approximate surface area is 225 Å². The van der Waals surface area contributed by atoms with Gasteiger partial charge in [0, 0.05) is 24.4 Å². The standard InChI is InChI=1S/C28H43N5O5/c1-15(17-12-10-11-13-30-17)19(22(29)34)31-23(35)20-18-16(28(18,8)9)14-33(20)24(36)21(26(2,3)4)32-25(37)38-27(5,6)7/h10-13,15-16,18-21H,14H2,1-9H3,(H2,29,34)(H,31,35)(H,32,37)/t15?,16-,18-,19?,20-,21+/m0/s1. The zero-order valence-corrected chi connectivity index (χ0v) is 24.0. The van der Waals surface area contributed by atoms with Crippen molar-refractivity contribution in [2.24, 2.45) is 28.4 Å². The number of piperidine rings is 1. The topological polar surface area (TPSA) is 144 Å². The van der Waals surface area contributed by atoms with Crippen molar-refractivity contribution >= 4 is 23.8 Å². The molecule has 0 radical (unpaired) electrons. The number of nitrogens with zero attached hydrogens (tertiary/aromatic N) is 2. The fourth-order valence-electron chi connectivity index (χ4n) is 5.55. The van der Waals surface area contributed by atoms with Crippen molar-refractivity contribution in [3.05, 3.63) is 30.1 Å². The molecule has 3 rings (SSSR count). The van der Waals surface area contributed by atoms with Crippen LogP contribution in [0.15, 0.2) is 24.4 Å². The maximum atomic E-state index is 13.9. The minimum absolute atomic E-state index is 0.0766. The second-order valence-corrected chi connectivity index (χ2v) is 13.3. The summed E-state index contributed by atoms with van der Waals surface area (Å²) in [4.78, 5) is 58.6. The molecule has 2 unspecified atom stereocenters. The highest BCUT2D eigenvalue weighted by atomic mass is 16.6. The van der Waals surface area contributed by atoms with Gasteiger partial charge >= 0.3 is 6.09 Å². The summed E-state index contributed by atoms with van der Waals surface area (Å²) >= 11 is 0. The van der Waals surface area contributed by atoms with Crippen molar-refractivity contribution in [1.29, 1.82) is 0 Å². The third-order valence-corrected chi connectivity index (χ3v) is 7.79. The van der Waals surface area contributed by atoms with Crippen LogP contribution < -0.4 is 16.4 Å². The van der Waals surface area contributed by atoms with Crippen molar-refractivity contribution in [3.63, 3.8) is 0 Å². The van der Waals surface area contributed by atoms with Crippen molar-refractivity contribution in [2.75, 3.05) is 6.54 Å². The Bertz CT molecular complexity index is 1080. The number of rotatable bonds is 7. The van der Waals surface area contributed by atoms with E-state index < -0.39 is 53.0 Å². The first-order chi connectivity index (χ1) is 17.4. The molecule has 0 spiro atoms. The van der Waals surface area contributed by atoms with E-state index in [0.29, 0.717) is 12.2 Å². The molecule has 1 aliphatic heterocycles. The number of nitrogens with two attached hydrogens (primary N) is 1. The Kier molecular flexibility index (Phi) is 7.88. The minimum Gasteiger partial charge on any atom is -0.444 e. The van der Waals surface area contributed by atoms with Gasteiger partial charge in [-0.25, -0.2) is 4.79 Å². The van der Waals surface area contributed by atoms with Gasteiger partial charge in [-0.1, -0.05) is 47.6 Å². The smallest absolute Gasteiger partial charge is 0.408 e. The molecule has 1 saturated carbocycles. The average Bonchev–Trinajstić information content (AvgIpc) is 3.12. The van der Waals surface area contributed by atoms with Gasteiger partial charge in [0.15, 0.2) is 0 Å². The molecule has 38 heavy (non-hydrogen) atoms. The van der Waals surface area contributed by atoms with Crippen LogP contribution in [-0.2, 0) is 19.1 Å². The second-order valence-electron chi connectivity index (χ2n) is 13.3. The van der Waals surface area contributed by atoms with E-state index in [1.807, 2.05) is 20.8 Å². The van der Waals surface area contributed by atoms with E-state index in [2.05, 4.69) is 29.5 Å². The van der Waals surface area contributed by atoms with E-state index in [-0.39, 0.29) is 23.2 Å². The van der Waals surface area contributed by atoms with Gasteiger partial charge in [-0.2, -0.15) is 0 Å². The van der Waals surface area contributed by atoms with Crippen LogP contribution >= 0.6 is 0 Å². The number of alkyl carbamates (subject to hydrolysis) is 1. The maximum Gasteiger partial charge on any atom is 0.408 e. The van der Waals surface area contributed by atoms with E-state index >= 15 is 0 Å². The van der Waals surface area contributed by atoms with Gasteiger partial charge < -0.3 is 26.0 Å². The minimum atomic E-state index is -1.01. The number of fused-ring (bicyclic) bond motifs is 1. The Balaban J connectivity index is 1.86. The van der Waals surface area contributed by atoms with Crippen LogP contribution in [0, 0.1) is 22.7 Å². The Morgan fingerprint density at radius 1 is 1.11 bits per heavy atom. The van der Waals surface area contributed by atoms with Crippen molar-refractivity contribution < 1.29 is 23.9 Å². The van der Waals surface area contributed by atoms with E-state index in [9.17, 15) is 19.2 Å². The molecule has 1 aromatic rings. The summed E-state index contributed by atoms with van der Waals surface area (Å²) in [6.45, 7) is 17.1. The quantitative estimate of drug-likeness (QED) is 0.495. The molecule has 0 bridgehead atoms. The fraction of sp³-hybridized carbons (Fsp3) is 0.679. The van der Waals surface area contributed by atoms with Crippen LogP contribution in [0.4, 0.5) is 4.79 Å². The van der Waals surface area contributed by atoms with Crippen LogP contribution in [-0.4, -0.2) is 64.0 Å². The average molecular weight is 530 g/mol. The van der Waals surface area contributed by atoms with E-state index in [0.717, 1.165) is 0 Å². The normalized spacial score (nSPS) is 24.4. The third kappa shape index (κ3) is 6.10. The van der Waals surface area contributed by atoms with E-state index in [1.165, 1.54) is 0 Å². The van der Waals surface area contributed by atoms with Crippen molar-refractivity contribution in [1.82, 2.24) is 20.5 Å². The number of primary amides is 1. The molecule has 4 amide bonds. The summed E-state index contributed by atoms with van der Waals surface area (Å²) in [5.74, 6) is -1.90. The first kappa shape index (κ1) is 29.4. The number of hydrogen-bond donors (Lipinski definition) is 3. The molecule has 2 fully saturated rings. The lowest BCUT2D eigenvalue weighted by atomic mass is 9.85. The van der Waals surface area contributed by atoms with Gasteiger partial charge in [-0.15, -0.1) is 0 Å². The van der Waals surface area contributed by atoms with Crippen LogP contribution in [0.1, 0.15) is 73.9 Å². The molecule has 10 heteroatoms. The first-order valence-electron chi connectivity index (χ1n) is 13.2. The third-order valence-electron chi connectivity index (χ3n) is 7.79. The summed E-state index contributed by atoms with van der Waals surface area (Å²) in [6, 6.07) is 2.61. The summed E-state index contributed by atoms with van der Waals surface area (Å²) in [7, 11) is 0. The number of aromatic nitrogens is 1. The highest BCUT2D eigenvalue weighted by Crippen LogP contribution is 2.65. The van der Waals surface area contributed by atoms with Gasteiger partial charge in [0.05, 0.1) is 0 Å². The summed E-state index contributed by atoms with van der Waals surface area (Å²) in [5.41, 5.74) is 4.80. The fourth-order valence-corrected chi connectivity index (χ4v) is 5.55. The lowest BCUT2D eigenvalue weighted by Crippen LogP contribution is -2.61. The van der Waals surface area contributed by atoms with Crippen LogP contribution in [0.5, 0.6) is 0 Å². The van der Waals surface area contributed by atoms with Gasteiger partial charge in [0.25, 0.3) is 0 Å². The molecule has 1 aromatic heterocycles. The monoisotopic (exact) mass is 529 g/mol. The number of amides is 4. The number of likely N-dealkylation sites (tertiary alicyclic amines) is 1. The Morgan fingerprint density at radius 3 is 2.24 bits per heavy atom. The SMILES string of the molecule is CC(c1ccccn1)C(NC(=O)[C@@H]1[C@@H]2[C@H](CN1C(=O)[C@@H](NC(=O)OC(C)(C)C)C(C)(C)C)C2(C)C)C(N)=O. The Morgan fingerprint density at radius 2 is 1.74 bits per heavy atom. The van der Waals surface area contributed by atoms with Gasteiger partial charge in [-0.05, 0) is 55.6 Å². The van der Waals surface area contributed by atoms with Crippen molar-refractivity contribution in [2.45, 2.75) is 92.0 Å². The molecule has 1 saturated heterocycles. The van der Waals surface area contributed by atoms with Gasteiger partial charge in [0.1, 0.15) is 23.7 Å². The zero-order valence-electron chi connectivity index (χ0n) is 24.0. The summed E-state index contributed by atoms with van der Waals surface area (Å²) in [5, 5.41) is 5.56. The molecule has 1 aliphatic carbocycles. The number of ether oxygens (including phenoxy) is 1. The predicted molar refractivity (Wildman–Crippen MR) is 143 cm³/mol. The molecule has 0 aromatic carbocycles. The largest absolute Gasteiger partial charge is 0.444 e. The van der Waals surface area contributed by atoms with Gasteiger partial charge in [-0.3, -0.25) is 19.4 Å². The zero-order chi connectivity index (χ0) is 28.8. The molecule has 10 nitrogen and oxygen atoms in total. The first-order valence-corrected chi connectivity index (χ1v) is 13.2. The van der Waals surface area contributed by atoms with Crippen LogP contribution in [0.2, 0.25) is 0 Å². The molecule has 2 heterocycles. The number of carbonyl (C=O) groups is 4. The number of carbonyl (C=O) groups excluding carboxylic acids is 4. The van der Waals surface area contributed by atoms with Crippen LogP contribution in [0.3, 0.4) is 0 Å². The second kappa shape index (κ2) is 10.2. The molecule has 4 N–H and O–H groups in total. The van der Waals surface area contributed by atoms with E-state index in [4.69, 9.17) is 10.5 Å². The summed E-state index contributed by atoms with van der Waals surface area (Å²) < 4.78 is 5.40. The Hall–Kier alpha value is -3.17. The van der Waals surface area contributed by atoms with E-state index in [1.54, 1.807) is 57.0 Å². The van der Waals surface area contributed by atoms with Crippen molar-refractivity contribution in [3.8, 4) is 0 Å². The maximum absolute atomic E-state index is 13.9. The van der Waals surface area contributed by atoms with Gasteiger partial charge in [0.2, 0.25) is 17.7 Å². The highest BCUT2D eigenvalue weighted by Gasteiger charge is 2.70. The highest BCUT2D eigenvalue weighted by molar-refractivity contribution is 5.95. The lowest BCUT2D eigenvalue weighted by Gasteiger charge is -2.38. The predicted octanol–water partition coefficient (Wildman–Crippen LogP) is 2.58. The molecule has 2 aliphatic rings. The molecule has 6 atom stereocenters. The number of hydrogen-bond acceptors (Lipinski definition) is 6. The molecular weight excluding hydrogens is 486 g/mol. The number of pyridine rings is 1. The molecular formula is C28H43N5O5. The molecule has 210 valence electrons.